The molecule has 0 saturated carbocycles. The van der Waals surface area contributed by atoms with Crippen LogP contribution in [0.25, 0.3) is 0 Å². The first-order valence-corrected chi connectivity index (χ1v) is 5.01. The maximum atomic E-state index is 11.2. The highest BCUT2D eigenvalue weighted by Gasteiger charge is 2.13. The number of nitrogens with one attached hydrogen (secondary N) is 1. The highest BCUT2D eigenvalue weighted by atomic mass is 16.6. The maximum Gasteiger partial charge on any atom is 0.412 e. The van der Waals surface area contributed by atoms with Gasteiger partial charge < -0.3 is 20.3 Å². The number of hydrogen-bond donors (Lipinski definition) is 3. The summed E-state index contributed by atoms with van der Waals surface area (Å²) in [5.74, 6) is -0.924. The van der Waals surface area contributed by atoms with Crippen LogP contribution in [0.2, 0.25) is 0 Å². The molecule has 3 N–H and O–H groups in total. The number of carboxylic acid groups (broad SMARTS) is 1. The Hall–Kier alpha value is -2.08. The lowest BCUT2D eigenvalue weighted by atomic mass is 10.2. The number of hydrogen-bond acceptors (Lipinski definition) is 4. The molecule has 6 nitrogen and oxygen atoms in total. The highest BCUT2D eigenvalue weighted by Crippen LogP contribution is 2.07. The molecule has 17 heavy (non-hydrogen) atoms. The zero-order valence-corrected chi connectivity index (χ0v) is 9.00. The standard InChI is InChI=1S/C11H13NO5/c13-9(10(14)15)6-7-12-11(16)17-8-4-2-1-3-5-8/h1-5,9,13H,6-7H2,(H,12,16)(H,14,15)/t9-/m0/s1. The van der Waals surface area contributed by atoms with Crippen molar-refractivity contribution in [1.82, 2.24) is 5.32 Å². The fourth-order valence-electron chi connectivity index (χ4n) is 1.07. The molecule has 0 aliphatic heterocycles. The molecule has 0 saturated heterocycles. The summed E-state index contributed by atoms with van der Waals surface area (Å²) in [7, 11) is 0. The van der Waals surface area contributed by atoms with Gasteiger partial charge in [-0.1, -0.05) is 18.2 Å². The first-order valence-electron chi connectivity index (χ1n) is 5.01. The minimum atomic E-state index is -1.48. The quantitative estimate of drug-likeness (QED) is 0.699. The summed E-state index contributed by atoms with van der Waals surface area (Å²) < 4.78 is 4.88. The number of para-hydroxylation sites is 1. The Labute approximate surface area is 97.8 Å². The number of amides is 1. The van der Waals surface area contributed by atoms with E-state index < -0.39 is 18.2 Å². The molecule has 0 unspecified atom stereocenters. The molecule has 1 aromatic carbocycles. The van der Waals surface area contributed by atoms with Crippen molar-refractivity contribution in [2.45, 2.75) is 12.5 Å². The van der Waals surface area contributed by atoms with Gasteiger partial charge in [0.1, 0.15) is 5.75 Å². The summed E-state index contributed by atoms with van der Waals surface area (Å²) in [5, 5.41) is 19.7. The van der Waals surface area contributed by atoms with Crippen molar-refractivity contribution >= 4 is 12.1 Å². The molecule has 0 aliphatic carbocycles. The average Bonchev–Trinajstić information content (AvgIpc) is 2.30. The van der Waals surface area contributed by atoms with Gasteiger partial charge in [0.25, 0.3) is 0 Å². The Morgan fingerprint density at radius 1 is 1.29 bits per heavy atom. The smallest absolute Gasteiger partial charge is 0.412 e. The summed E-state index contributed by atoms with van der Waals surface area (Å²) in [4.78, 5) is 21.5. The van der Waals surface area contributed by atoms with Gasteiger partial charge in [-0.2, -0.15) is 0 Å². The van der Waals surface area contributed by atoms with Crippen molar-refractivity contribution in [2.75, 3.05) is 6.54 Å². The summed E-state index contributed by atoms with van der Waals surface area (Å²) in [5.41, 5.74) is 0. The SMILES string of the molecule is O=C(NCC[C@H](O)C(=O)O)Oc1ccccc1. The monoisotopic (exact) mass is 239 g/mol. The number of carbonyl (C=O) groups excluding carboxylic acids is 1. The lowest BCUT2D eigenvalue weighted by Gasteiger charge is -2.07. The van der Waals surface area contributed by atoms with E-state index in [2.05, 4.69) is 5.32 Å². The van der Waals surface area contributed by atoms with Crippen LogP contribution in [0.3, 0.4) is 0 Å². The number of benzene rings is 1. The first kappa shape index (κ1) is 13.0. The Balaban J connectivity index is 2.25. The Kier molecular flexibility index (Phi) is 4.96. The normalized spacial score (nSPS) is 11.6. The molecule has 0 heterocycles. The van der Waals surface area contributed by atoms with E-state index in [0.29, 0.717) is 5.75 Å². The maximum absolute atomic E-state index is 11.2. The van der Waals surface area contributed by atoms with Crippen LogP contribution in [0, 0.1) is 0 Å². The Morgan fingerprint density at radius 3 is 2.53 bits per heavy atom. The second-order valence-corrected chi connectivity index (χ2v) is 3.27. The van der Waals surface area contributed by atoms with Crippen LogP contribution in [-0.4, -0.2) is 34.9 Å². The molecule has 1 aromatic rings. The van der Waals surface area contributed by atoms with E-state index in [1.165, 1.54) is 0 Å². The van der Waals surface area contributed by atoms with E-state index in [4.69, 9.17) is 14.9 Å². The average molecular weight is 239 g/mol. The summed E-state index contributed by atoms with van der Waals surface area (Å²) in [6, 6.07) is 8.46. The van der Waals surface area contributed by atoms with E-state index in [-0.39, 0.29) is 13.0 Å². The third-order valence-electron chi connectivity index (χ3n) is 1.93. The molecule has 6 heteroatoms. The summed E-state index contributed by atoms with van der Waals surface area (Å²) >= 11 is 0. The molecule has 1 atom stereocenters. The van der Waals surface area contributed by atoms with Crippen LogP contribution in [0.1, 0.15) is 6.42 Å². The number of aliphatic hydroxyl groups is 1. The predicted molar refractivity (Wildman–Crippen MR) is 58.7 cm³/mol. The van der Waals surface area contributed by atoms with Crippen molar-refractivity contribution in [2.24, 2.45) is 0 Å². The summed E-state index contributed by atoms with van der Waals surface area (Å²) in [6.07, 6.45) is -2.24. The van der Waals surface area contributed by atoms with Gasteiger partial charge in [-0.05, 0) is 12.1 Å². The van der Waals surface area contributed by atoms with Crippen molar-refractivity contribution in [3.05, 3.63) is 30.3 Å². The van der Waals surface area contributed by atoms with Gasteiger partial charge in [-0.15, -0.1) is 0 Å². The molecule has 1 rings (SSSR count). The molecule has 92 valence electrons. The minimum Gasteiger partial charge on any atom is -0.479 e. The van der Waals surface area contributed by atoms with Gasteiger partial charge in [0.2, 0.25) is 0 Å². The number of ether oxygens (including phenoxy) is 1. The molecule has 1 amide bonds. The van der Waals surface area contributed by atoms with E-state index in [9.17, 15) is 9.59 Å². The van der Waals surface area contributed by atoms with E-state index in [1.54, 1.807) is 30.3 Å². The van der Waals surface area contributed by atoms with Crippen molar-refractivity contribution in [3.63, 3.8) is 0 Å². The van der Waals surface area contributed by atoms with Gasteiger partial charge in [0, 0.05) is 13.0 Å². The Bertz CT molecular complexity index is 379. The number of carboxylic acids is 1. The van der Waals surface area contributed by atoms with Crippen LogP contribution in [0.5, 0.6) is 5.75 Å². The lowest BCUT2D eigenvalue weighted by Crippen LogP contribution is -2.31. The van der Waals surface area contributed by atoms with Crippen LogP contribution >= 0.6 is 0 Å². The molecule has 0 aromatic heterocycles. The number of aliphatic carboxylic acids is 1. The second kappa shape index (κ2) is 6.49. The molecule has 0 fully saturated rings. The van der Waals surface area contributed by atoms with Gasteiger partial charge in [0.05, 0.1) is 0 Å². The van der Waals surface area contributed by atoms with Crippen LogP contribution in [-0.2, 0) is 4.79 Å². The predicted octanol–water partition coefficient (Wildman–Crippen LogP) is 0.611. The number of aliphatic hydroxyl groups excluding tert-OH is 1. The second-order valence-electron chi connectivity index (χ2n) is 3.27. The Morgan fingerprint density at radius 2 is 1.94 bits per heavy atom. The molecular weight excluding hydrogens is 226 g/mol. The number of rotatable bonds is 5. The van der Waals surface area contributed by atoms with Gasteiger partial charge >= 0.3 is 12.1 Å². The lowest BCUT2D eigenvalue weighted by molar-refractivity contribution is -0.146. The van der Waals surface area contributed by atoms with Crippen LogP contribution in [0.15, 0.2) is 30.3 Å². The van der Waals surface area contributed by atoms with Crippen molar-refractivity contribution in [1.29, 1.82) is 0 Å². The number of carbonyl (C=O) groups is 2. The topological polar surface area (TPSA) is 95.9 Å². The zero-order chi connectivity index (χ0) is 12.7. The third-order valence-corrected chi connectivity index (χ3v) is 1.93. The van der Waals surface area contributed by atoms with Gasteiger partial charge in [-0.3, -0.25) is 0 Å². The molecule has 0 radical (unpaired) electrons. The fraction of sp³-hybridized carbons (Fsp3) is 0.273. The molecule has 0 aliphatic rings. The van der Waals surface area contributed by atoms with Crippen molar-refractivity contribution in [3.8, 4) is 5.75 Å². The van der Waals surface area contributed by atoms with Crippen LogP contribution in [0.4, 0.5) is 4.79 Å². The van der Waals surface area contributed by atoms with Crippen LogP contribution < -0.4 is 10.1 Å². The zero-order valence-electron chi connectivity index (χ0n) is 9.00. The van der Waals surface area contributed by atoms with Gasteiger partial charge in [0.15, 0.2) is 6.10 Å². The summed E-state index contributed by atoms with van der Waals surface area (Å²) in [6.45, 7) is 0.0269. The highest BCUT2D eigenvalue weighted by molar-refractivity contribution is 5.72. The minimum absolute atomic E-state index is 0.0269. The van der Waals surface area contributed by atoms with E-state index >= 15 is 0 Å². The van der Waals surface area contributed by atoms with E-state index in [1.807, 2.05) is 0 Å². The molecule has 0 spiro atoms. The third kappa shape index (κ3) is 4.98. The fourth-order valence-corrected chi connectivity index (χ4v) is 1.07. The van der Waals surface area contributed by atoms with Gasteiger partial charge in [-0.25, -0.2) is 9.59 Å². The van der Waals surface area contributed by atoms with Crippen molar-refractivity contribution < 1.29 is 24.5 Å². The van der Waals surface area contributed by atoms with E-state index in [0.717, 1.165) is 0 Å². The molecule has 0 bridgehead atoms. The first-order chi connectivity index (χ1) is 8.09. The molecular formula is C11H13NO5. The largest absolute Gasteiger partial charge is 0.479 e.